The third-order valence-electron chi connectivity index (χ3n) is 1.24. The molecule has 0 aromatic heterocycles. The Kier molecular flexibility index (Phi) is 5.53. The molecule has 0 N–H and O–H groups in total. The molecule has 0 spiro atoms. The Morgan fingerprint density at radius 1 is 1.55 bits per heavy atom. The minimum Gasteiger partial charge on any atom is -0.463 e. The normalized spacial score (nSPS) is 10.9. The molecule has 11 heavy (non-hydrogen) atoms. The maximum Gasteiger partial charge on any atom is 0.330 e. The monoisotopic (exact) mass is 156 g/mol. The van der Waals surface area contributed by atoms with E-state index in [0.29, 0.717) is 12.5 Å². The van der Waals surface area contributed by atoms with Crippen LogP contribution >= 0.6 is 0 Å². The Morgan fingerprint density at radius 3 is 2.64 bits per heavy atom. The summed E-state index contributed by atoms with van der Waals surface area (Å²) in [5.41, 5.74) is 0. The van der Waals surface area contributed by atoms with Gasteiger partial charge in [0.1, 0.15) is 0 Å². The van der Waals surface area contributed by atoms with E-state index in [9.17, 15) is 4.79 Å². The molecule has 0 aliphatic carbocycles. The van der Waals surface area contributed by atoms with Crippen LogP contribution in [-0.4, -0.2) is 12.6 Å². The lowest BCUT2D eigenvalue weighted by Gasteiger charge is -2.03. The van der Waals surface area contributed by atoms with Crippen LogP contribution in [0, 0.1) is 5.92 Å². The van der Waals surface area contributed by atoms with Crippen LogP contribution in [0.5, 0.6) is 0 Å². The van der Waals surface area contributed by atoms with Gasteiger partial charge in [-0.05, 0) is 19.3 Å². The van der Waals surface area contributed by atoms with Gasteiger partial charge in [-0.25, -0.2) is 4.79 Å². The molecule has 0 unspecified atom stereocenters. The van der Waals surface area contributed by atoms with Crippen LogP contribution < -0.4 is 0 Å². The Labute approximate surface area is 68.2 Å². The van der Waals surface area contributed by atoms with Crippen molar-refractivity contribution in [2.45, 2.75) is 27.2 Å². The Balaban J connectivity index is 3.32. The van der Waals surface area contributed by atoms with Gasteiger partial charge in [0.2, 0.25) is 0 Å². The van der Waals surface area contributed by atoms with E-state index in [0.717, 1.165) is 6.42 Å². The van der Waals surface area contributed by atoms with Crippen molar-refractivity contribution in [3.05, 3.63) is 12.2 Å². The second-order valence-electron chi connectivity index (χ2n) is 2.85. The fourth-order valence-electron chi connectivity index (χ4n) is 0.579. The number of ether oxygens (including phenoxy) is 1. The third-order valence-corrected chi connectivity index (χ3v) is 1.24. The standard InChI is InChI=1S/C9H16O2/c1-4-5-9(10)11-7-6-8(2)3/h4-5,8H,6-7H2,1-3H3. The zero-order valence-corrected chi connectivity index (χ0v) is 7.46. The van der Waals surface area contributed by atoms with Crippen molar-refractivity contribution in [2.24, 2.45) is 5.92 Å². The van der Waals surface area contributed by atoms with E-state index in [2.05, 4.69) is 13.8 Å². The van der Waals surface area contributed by atoms with E-state index in [4.69, 9.17) is 4.74 Å². The van der Waals surface area contributed by atoms with Crippen LogP contribution in [-0.2, 0) is 9.53 Å². The number of carbonyl (C=O) groups is 1. The lowest BCUT2D eigenvalue weighted by molar-refractivity contribution is -0.138. The molecule has 0 aromatic carbocycles. The third kappa shape index (κ3) is 7.10. The molecule has 0 heterocycles. The molecule has 0 aliphatic rings. The first-order valence-corrected chi connectivity index (χ1v) is 3.96. The summed E-state index contributed by atoms with van der Waals surface area (Å²) in [4.78, 5) is 10.7. The van der Waals surface area contributed by atoms with Crippen LogP contribution in [0.2, 0.25) is 0 Å². The van der Waals surface area contributed by atoms with Gasteiger partial charge in [-0.3, -0.25) is 0 Å². The van der Waals surface area contributed by atoms with Crippen LogP contribution in [0.15, 0.2) is 12.2 Å². The van der Waals surface area contributed by atoms with Crippen LogP contribution in [0.3, 0.4) is 0 Å². The number of carbonyl (C=O) groups excluding carboxylic acids is 1. The predicted molar refractivity (Wildman–Crippen MR) is 45.2 cm³/mol. The highest BCUT2D eigenvalue weighted by Gasteiger charge is 1.97. The molecule has 0 saturated heterocycles. The second kappa shape index (κ2) is 5.96. The van der Waals surface area contributed by atoms with Gasteiger partial charge >= 0.3 is 5.97 Å². The molecule has 0 atom stereocenters. The minimum atomic E-state index is -0.242. The van der Waals surface area contributed by atoms with E-state index in [1.165, 1.54) is 6.08 Å². The first-order chi connectivity index (χ1) is 5.16. The molecule has 0 fully saturated rings. The highest BCUT2D eigenvalue weighted by molar-refractivity contribution is 5.81. The largest absolute Gasteiger partial charge is 0.463 e. The van der Waals surface area contributed by atoms with Crippen molar-refractivity contribution in [2.75, 3.05) is 6.61 Å². The van der Waals surface area contributed by atoms with Crippen LogP contribution in [0.4, 0.5) is 0 Å². The molecule has 2 heteroatoms. The van der Waals surface area contributed by atoms with Crippen molar-refractivity contribution < 1.29 is 9.53 Å². The fraction of sp³-hybridized carbons (Fsp3) is 0.667. The fourth-order valence-corrected chi connectivity index (χ4v) is 0.579. The average Bonchev–Trinajstić information content (AvgIpc) is 1.87. The summed E-state index contributed by atoms with van der Waals surface area (Å²) < 4.78 is 4.87. The second-order valence-corrected chi connectivity index (χ2v) is 2.85. The van der Waals surface area contributed by atoms with Crippen molar-refractivity contribution in [3.63, 3.8) is 0 Å². The summed E-state index contributed by atoms with van der Waals surface area (Å²) in [6.07, 6.45) is 4.04. The molecule has 0 aliphatic heterocycles. The van der Waals surface area contributed by atoms with Crippen molar-refractivity contribution in [3.8, 4) is 0 Å². The van der Waals surface area contributed by atoms with Gasteiger partial charge in [0, 0.05) is 6.08 Å². The zero-order chi connectivity index (χ0) is 8.69. The summed E-state index contributed by atoms with van der Waals surface area (Å²) in [6, 6.07) is 0. The predicted octanol–water partition coefficient (Wildman–Crippen LogP) is 2.15. The van der Waals surface area contributed by atoms with E-state index >= 15 is 0 Å². The summed E-state index contributed by atoms with van der Waals surface area (Å²) >= 11 is 0. The van der Waals surface area contributed by atoms with Crippen molar-refractivity contribution in [1.82, 2.24) is 0 Å². The van der Waals surface area contributed by atoms with E-state index in [1.807, 2.05) is 0 Å². The molecule has 0 rings (SSSR count). The molecule has 0 aromatic rings. The molecule has 0 bridgehead atoms. The first kappa shape index (κ1) is 10.2. The molecule has 2 nitrogen and oxygen atoms in total. The van der Waals surface area contributed by atoms with Crippen LogP contribution in [0.1, 0.15) is 27.2 Å². The average molecular weight is 156 g/mol. The van der Waals surface area contributed by atoms with Gasteiger partial charge in [-0.1, -0.05) is 19.9 Å². The van der Waals surface area contributed by atoms with Gasteiger partial charge in [-0.2, -0.15) is 0 Å². The number of allylic oxidation sites excluding steroid dienone is 1. The lowest BCUT2D eigenvalue weighted by Crippen LogP contribution is -2.04. The zero-order valence-electron chi connectivity index (χ0n) is 7.46. The number of rotatable bonds is 4. The van der Waals surface area contributed by atoms with Crippen molar-refractivity contribution >= 4 is 5.97 Å². The molecule has 0 amide bonds. The van der Waals surface area contributed by atoms with Gasteiger partial charge in [-0.15, -0.1) is 0 Å². The molecule has 0 radical (unpaired) electrons. The van der Waals surface area contributed by atoms with E-state index < -0.39 is 0 Å². The number of hydrogen-bond donors (Lipinski definition) is 0. The van der Waals surface area contributed by atoms with E-state index in [-0.39, 0.29) is 5.97 Å². The lowest BCUT2D eigenvalue weighted by atomic mass is 10.1. The van der Waals surface area contributed by atoms with Gasteiger partial charge in [0.15, 0.2) is 0 Å². The molecular formula is C9H16O2. The first-order valence-electron chi connectivity index (χ1n) is 3.96. The number of hydrogen-bond acceptors (Lipinski definition) is 2. The Hall–Kier alpha value is -0.790. The van der Waals surface area contributed by atoms with Crippen molar-refractivity contribution in [1.29, 1.82) is 0 Å². The summed E-state index contributed by atoms with van der Waals surface area (Å²) in [7, 11) is 0. The number of esters is 1. The summed E-state index contributed by atoms with van der Waals surface area (Å²) in [5, 5.41) is 0. The quantitative estimate of drug-likeness (QED) is 0.460. The smallest absolute Gasteiger partial charge is 0.330 e. The highest BCUT2D eigenvalue weighted by atomic mass is 16.5. The topological polar surface area (TPSA) is 26.3 Å². The summed E-state index contributed by atoms with van der Waals surface area (Å²) in [5.74, 6) is 0.349. The summed E-state index contributed by atoms with van der Waals surface area (Å²) in [6.45, 7) is 6.53. The minimum absolute atomic E-state index is 0.242. The maximum absolute atomic E-state index is 10.7. The van der Waals surface area contributed by atoms with Gasteiger partial charge in [0.05, 0.1) is 6.61 Å². The van der Waals surface area contributed by atoms with Gasteiger partial charge in [0.25, 0.3) is 0 Å². The SMILES string of the molecule is CC=CC(=O)OCCC(C)C. The van der Waals surface area contributed by atoms with Gasteiger partial charge < -0.3 is 4.74 Å². The Bertz CT molecular complexity index is 136. The van der Waals surface area contributed by atoms with E-state index in [1.54, 1.807) is 13.0 Å². The molecule has 64 valence electrons. The maximum atomic E-state index is 10.7. The highest BCUT2D eigenvalue weighted by Crippen LogP contribution is 1.98. The molecule has 0 saturated carbocycles. The molecular weight excluding hydrogens is 140 g/mol. The van der Waals surface area contributed by atoms with Crippen LogP contribution in [0.25, 0.3) is 0 Å². The Morgan fingerprint density at radius 2 is 2.18 bits per heavy atom.